The highest BCUT2D eigenvalue weighted by Crippen LogP contribution is 2.18. The fraction of sp³-hybridized carbons (Fsp3) is 0.227. The number of carbonyl (C=O) groups excluding carboxylic acids is 2. The SMILES string of the molecule is Cc1ccc(C=CC(=O)NC(=S)NNC(=O)COc2ccc(C(C)C)cc2)cc1. The molecule has 152 valence electrons. The molecule has 0 fully saturated rings. The molecule has 0 aliphatic rings. The second kappa shape index (κ2) is 11.0. The molecule has 6 nitrogen and oxygen atoms in total. The number of hydrogen-bond donors (Lipinski definition) is 3. The van der Waals surface area contributed by atoms with E-state index < -0.39 is 11.8 Å². The number of hydrazine groups is 1. The highest BCUT2D eigenvalue weighted by Gasteiger charge is 2.06. The summed E-state index contributed by atoms with van der Waals surface area (Å²) in [4.78, 5) is 23.7. The Morgan fingerprint density at radius 2 is 1.69 bits per heavy atom. The summed E-state index contributed by atoms with van der Waals surface area (Å²) >= 11 is 4.98. The monoisotopic (exact) mass is 411 g/mol. The van der Waals surface area contributed by atoms with E-state index in [0.717, 1.165) is 11.1 Å². The number of aryl methyl sites for hydroxylation is 1. The standard InChI is InChI=1S/C22H25N3O3S/c1-15(2)18-9-11-19(12-10-18)28-14-21(27)24-25-22(29)23-20(26)13-8-17-6-4-16(3)5-7-17/h4-13,15H,14H2,1-3H3,(H,24,27)(H2,23,25,26,29). The van der Waals surface area contributed by atoms with Gasteiger partial charge in [0, 0.05) is 6.08 Å². The maximum Gasteiger partial charge on any atom is 0.276 e. The van der Waals surface area contributed by atoms with E-state index >= 15 is 0 Å². The maximum atomic E-state index is 11.9. The van der Waals surface area contributed by atoms with Crippen LogP contribution >= 0.6 is 12.2 Å². The molecule has 0 aliphatic heterocycles. The van der Waals surface area contributed by atoms with Crippen molar-refractivity contribution in [2.45, 2.75) is 26.7 Å². The fourth-order valence-corrected chi connectivity index (χ4v) is 2.45. The summed E-state index contributed by atoms with van der Waals surface area (Å²) < 4.78 is 5.42. The first-order chi connectivity index (χ1) is 13.8. The van der Waals surface area contributed by atoms with Gasteiger partial charge in [-0.25, -0.2) is 0 Å². The van der Waals surface area contributed by atoms with E-state index in [1.165, 1.54) is 11.6 Å². The lowest BCUT2D eigenvalue weighted by Gasteiger charge is -2.11. The summed E-state index contributed by atoms with van der Waals surface area (Å²) in [6, 6.07) is 15.3. The average Bonchev–Trinajstić information content (AvgIpc) is 2.70. The van der Waals surface area contributed by atoms with Gasteiger partial charge in [-0.1, -0.05) is 55.8 Å². The van der Waals surface area contributed by atoms with E-state index in [4.69, 9.17) is 17.0 Å². The average molecular weight is 412 g/mol. The van der Waals surface area contributed by atoms with Gasteiger partial charge in [-0.2, -0.15) is 0 Å². The molecule has 7 heteroatoms. The normalized spacial score (nSPS) is 10.6. The van der Waals surface area contributed by atoms with Crippen LogP contribution in [0.15, 0.2) is 54.6 Å². The molecule has 0 spiro atoms. The van der Waals surface area contributed by atoms with Crippen molar-refractivity contribution in [1.82, 2.24) is 16.2 Å². The molecule has 0 unspecified atom stereocenters. The molecule has 0 radical (unpaired) electrons. The summed E-state index contributed by atoms with van der Waals surface area (Å²) in [6.07, 6.45) is 3.04. The van der Waals surface area contributed by atoms with Gasteiger partial charge in [0.25, 0.3) is 5.91 Å². The smallest absolute Gasteiger partial charge is 0.276 e. The summed E-state index contributed by atoms with van der Waals surface area (Å²) in [5.74, 6) is 0.199. The van der Waals surface area contributed by atoms with Crippen LogP contribution in [0.4, 0.5) is 0 Å². The number of amides is 2. The molecule has 3 N–H and O–H groups in total. The Hall–Kier alpha value is -3.19. The number of rotatable bonds is 6. The van der Waals surface area contributed by atoms with Gasteiger partial charge in [0.15, 0.2) is 11.7 Å². The quantitative estimate of drug-likeness (QED) is 0.386. The van der Waals surface area contributed by atoms with E-state index in [1.54, 1.807) is 6.08 Å². The summed E-state index contributed by atoms with van der Waals surface area (Å²) in [5, 5.41) is 2.43. The largest absolute Gasteiger partial charge is 0.484 e. The summed E-state index contributed by atoms with van der Waals surface area (Å²) in [6.45, 7) is 6.02. The predicted molar refractivity (Wildman–Crippen MR) is 118 cm³/mol. The second-order valence-electron chi connectivity index (χ2n) is 6.75. The number of ether oxygens (including phenoxy) is 1. The molecule has 29 heavy (non-hydrogen) atoms. The van der Waals surface area contributed by atoms with Crippen molar-refractivity contribution in [2.75, 3.05) is 6.61 Å². The summed E-state index contributed by atoms with van der Waals surface area (Å²) in [7, 11) is 0. The van der Waals surface area contributed by atoms with Gasteiger partial charge >= 0.3 is 0 Å². The molecule has 0 aliphatic carbocycles. The molecule has 2 aromatic rings. The number of carbonyl (C=O) groups is 2. The van der Waals surface area contributed by atoms with Crippen molar-refractivity contribution in [3.05, 3.63) is 71.3 Å². The van der Waals surface area contributed by atoms with Crippen molar-refractivity contribution >= 4 is 35.2 Å². The van der Waals surface area contributed by atoms with Crippen molar-refractivity contribution < 1.29 is 14.3 Å². The molecule has 2 aromatic carbocycles. The van der Waals surface area contributed by atoms with Gasteiger partial charge in [-0.15, -0.1) is 0 Å². The molecule has 0 atom stereocenters. The predicted octanol–water partition coefficient (Wildman–Crippen LogP) is 3.23. The van der Waals surface area contributed by atoms with Gasteiger partial charge in [0.1, 0.15) is 5.75 Å². The Morgan fingerprint density at radius 3 is 2.31 bits per heavy atom. The van der Waals surface area contributed by atoms with Crippen LogP contribution in [0.3, 0.4) is 0 Å². The molecule has 0 bridgehead atoms. The van der Waals surface area contributed by atoms with Crippen LogP contribution in [0.5, 0.6) is 5.75 Å². The van der Waals surface area contributed by atoms with Gasteiger partial charge < -0.3 is 4.74 Å². The third kappa shape index (κ3) is 8.15. The Bertz CT molecular complexity index is 875. The third-order valence-corrected chi connectivity index (χ3v) is 4.18. The molecule has 0 saturated heterocycles. The lowest BCUT2D eigenvalue weighted by atomic mass is 10.0. The zero-order valence-electron chi connectivity index (χ0n) is 16.7. The highest BCUT2D eigenvalue weighted by molar-refractivity contribution is 7.80. The molecule has 0 heterocycles. The van der Waals surface area contributed by atoms with E-state index in [-0.39, 0.29) is 11.7 Å². The van der Waals surface area contributed by atoms with Crippen molar-refractivity contribution in [3.63, 3.8) is 0 Å². The molecule has 0 aromatic heterocycles. The van der Waals surface area contributed by atoms with Crippen LogP contribution in [0.1, 0.15) is 36.5 Å². The minimum absolute atomic E-state index is 0.0156. The number of nitrogens with one attached hydrogen (secondary N) is 3. The minimum Gasteiger partial charge on any atom is -0.484 e. The highest BCUT2D eigenvalue weighted by atomic mass is 32.1. The zero-order valence-corrected chi connectivity index (χ0v) is 17.5. The van der Waals surface area contributed by atoms with E-state index in [0.29, 0.717) is 11.7 Å². The Kier molecular flexibility index (Phi) is 8.36. The molecular formula is C22H25N3O3S. The van der Waals surface area contributed by atoms with Gasteiger partial charge in [0.2, 0.25) is 5.91 Å². The number of benzene rings is 2. The third-order valence-electron chi connectivity index (χ3n) is 3.97. The topological polar surface area (TPSA) is 79.5 Å². The molecular weight excluding hydrogens is 386 g/mol. The van der Waals surface area contributed by atoms with Gasteiger partial charge in [-0.05, 0) is 54.4 Å². The first-order valence-corrected chi connectivity index (χ1v) is 9.61. The molecule has 0 saturated carbocycles. The minimum atomic E-state index is -0.426. The lowest BCUT2D eigenvalue weighted by Crippen LogP contribution is -2.49. The van der Waals surface area contributed by atoms with Gasteiger partial charge in [-0.3, -0.25) is 25.8 Å². The van der Waals surface area contributed by atoms with Crippen molar-refractivity contribution in [1.29, 1.82) is 0 Å². The Balaban J connectivity index is 1.69. The Labute approximate surface area is 176 Å². The van der Waals surface area contributed by atoms with Crippen LogP contribution < -0.4 is 20.9 Å². The van der Waals surface area contributed by atoms with Crippen LogP contribution in [0, 0.1) is 6.92 Å². The Morgan fingerprint density at radius 1 is 1.03 bits per heavy atom. The first kappa shape index (κ1) is 22.1. The van der Waals surface area contributed by atoms with Crippen molar-refractivity contribution in [3.8, 4) is 5.75 Å². The molecule has 2 amide bonds. The van der Waals surface area contributed by atoms with E-state index in [2.05, 4.69) is 30.0 Å². The first-order valence-electron chi connectivity index (χ1n) is 9.21. The van der Waals surface area contributed by atoms with Gasteiger partial charge in [0.05, 0.1) is 0 Å². The maximum absolute atomic E-state index is 11.9. The molecule has 2 rings (SSSR count). The number of thiocarbonyl (C=S) groups is 1. The fourth-order valence-electron chi connectivity index (χ4n) is 2.29. The second-order valence-corrected chi connectivity index (χ2v) is 7.16. The number of hydrogen-bond acceptors (Lipinski definition) is 4. The van der Waals surface area contributed by atoms with Crippen LogP contribution in [-0.2, 0) is 9.59 Å². The van der Waals surface area contributed by atoms with Crippen molar-refractivity contribution in [2.24, 2.45) is 0 Å². The van der Waals surface area contributed by atoms with Crippen LogP contribution in [0.25, 0.3) is 6.08 Å². The zero-order chi connectivity index (χ0) is 21.2. The lowest BCUT2D eigenvalue weighted by molar-refractivity contribution is -0.123. The van der Waals surface area contributed by atoms with Crippen LogP contribution in [-0.4, -0.2) is 23.5 Å². The van der Waals surface area contributed by atoms with E-state index in [1.807, 2.05) is 55.5 Å². The summed E-state index contributed by atoms with van der Waals surface area (Å²) in [5.41, 5.74) is 8.08. The van der Waals surface area contributed by atoms with E-state index in [9.17, 15) is 9.59 Å². The van der Waals surface area contributed by atoms with Crippen LogP contribution in [0.2, 0.25) is 0 Å².